The van der Waals surface area contributed by atoms with E-state index in [1.54, 1.807) is 0 Å². The van der Waals surface area contributed by atoms with Gasteiger partial charge in [-0.15, -0.1) is 0 Å². The zero-order chi connectivity index (χ0) is 8.55. The molecule has 0 saturated heterocycles. The van der Waals surface area contributed by atoms with E-state index < -0.39 is 0 Å². The van der Waals surface area contributed by atoms with Gasteiger partial charge < -0.3 is 4.74 Å². The number of fused-ring (bicyclic) bond motifs is 1. The maximum absolute atomic E-state index is 5.86. The largest absolute Gasteiger partial charge is 0.490 e. The molecule has 0 aliphatic carbocycles. The molecule has 1 atom stereocenters. The van der Waals surface area contributed by atoms with Crippen LogP contribution in [-0.2, 0) is 6.42 Å². The van der Waals surface area contributed by atoms with Gasteiger partial charge in [-0.1, -0.05) is 18.5 Å². The Morgan fingerprint density at radius 3 is 3.17 bits per heavy atom. The fourth-order valence-corrected chi connectivity index (χ4v) is 1.71. The zero-order valence-corrected chi connectivity index (χ0v) is 7.77. The van der Waals surface area contributed by atoms with Crippen molar-refractivity contribution >= 4 is 11.6 Å². The van der Waals surface area contributed by atoms with Crippen LogP contribution in [0.3, 0.4) is 0 Å². The van der Waals surface area contributed by atoms with E-state index in [4.69, 9.17) is 16.3 Å². The van der Waals surface area contributed by atoms with Crippen LogP contribution in [0.5, 0.6) is 5.75 Å². The predicted molar refractivity (Wildman–Crippen MR) is 49.9 cm³/mol. The first-order chi connectivity index (χ1) is 5.79. The van der Waals surface area contributed by atoms with Crippen LogP contribution < -0.4 is 4.74 Å². The summed E-state index contributed by atoms with van der Waals surface area (Å²) in [6, 6.07) is 5.82. The van der Waals surface area contributed by atoms with Crippen LogP contribution in [0.25, 0.3) is 0 Å². The van der Waals surface area contributed by atoms with E-state index in [0.717, 1.165) is 23.6 Å². The van der Waals surface area contributed by atoms with Crippen molar-refractivity contribution in [3.05, 3.63) is 28.8 Å². The first kappa shape index (κ1) is 7.93. The minimum Gasteiger partial charge on any atom is -0.490 e. The number of hydrogen-bond acceptors (Lipinski definition) is 1. The first-order valence-electron chi connectivity index (χ1n) is 4.24. The van der Waals surface area contributed by atoms with Crippen molar-refractivity contribution in [1.29, 1.82) is 0 Å². The molecule has 0 radical (unpaired) electrons. The highest BCUT2D eigenvalue weighted by Crippen LogP contribution is 2.31. The fraction of sp³-hybridized carbons (Fsp3) is 0.400. The predicted octanol–water partition coefficient (Wildman–Crippen LogP) is 3.05. The van der Waals surface area contributed by atoms with Gasteiger partial charge in [-0.25, -0.2) is 0 Å². The second-order valence-corrected chi connectivity index (χ2v) is 3.54. The van der Waals surface area contributed by atoms with Crippen molar-refractivity contribution in [3.8, 4) is 5.75 Å². The van der Waals surface area contributed by atoms with E-state index in [0.29, 0.717) is 6.10 Å². The maximum atomic E-state index is 5.86. The molecule has 2 heteroatoms. The molecule has 0 amide bonds. The van der Waals surface area contributed by atoms with Gasteiger partial charge in [0.05, 0.1) is 0 Å². The first-order valence-corrected chi connectivity index (χ1v) is 4.62. The Hall–Kier alpha value is -0.690. The van der Waals surface area contributed by atoms with E-state index in [9.17, 15) is 0 Å². The Morgan fingerprint density at radius 1 is 1.58 bits per heavy atom. The summed E-state index contributed by atoms with van der Waals surface area (Å²) in [4.78, 5) is 0. The minimum atomic E-state index is 0.360. The fourth-order valence-electron chi connectivity index (χ4n) is 1.52. The number of halogens is 1. The van der Waals surface area contributed by atoms with Crippen molar-refractivity contribution in [3.63, 3.8) is 0 Å². The molecule has 64 valence electrons. The van der Waals surface area contributed by atoms with Crippen molar-refractivity contribution in [2.45, 2.75) is 25.9 Å². The highest BCUT2D eigenvalue weighted by atomic mass is 35.5. The minimum absolute atomic E-state index is 0.360. The monoisotopic (exact) mass is 182 g/mol. The summed E-state index contributed by atoms with van der Waals surface area (Å²) in [5.74, 6) is 1.01. The lowest BCUT2D eigenvalue weighted by atomic mass is 10.1. The van der Waals surface area contributed by atoms with Gasteiger partial charge in [-0.05, 0) is 30.2 Å². The molecule has 0 saturated carbocycles. The molecule has 0 spiro atoms. The third-order valence-corrected chi connectivity index (χ3v) is 2.45. The Kier molecular flexibility index (Phi) is 1.97. The molecule has 1 aliphatic heterocycles. The Bertz CT molecular complexity index is 296. The van der Waals surface area contributed by atoms with Crippen molar-refractivity contribution in [2.24, 2.45) is 0 Å². The molecular formula is C10H11ClO. The highest BCUT2D eigenvalue weighted by molar-refractivity contribution is 6.30. The Labute approximate surface area is 77.3 Å². The lowest BCUT2D eigenvalue weighted by Crippen LogP contribution is -2.10. The van der Waals surface area contributed by atoms with E-state index in [1.807, 2.05) is 18.2 Å². The smallest absolute Gasteiger partial charge is 0.123 e. The molecular weight excluding hydrogens is 172 g/mol. The van der Waals surface area contributed by atoms with Gasteiger partial charge in [0.2, 0.25) is 0 Å². The lowest BCUT2D eigenvalue weighted by Gasteiger charge is -2.05. The van der Waals surface area contributed by atoms with Crippen molar-refractivity contribution < 1.29 is 4.74 Å². The third kappa shape index (κ3) is 1.29. The van der Waals surface area contributed by atoms with Crippen LogP contribution in [0.15, 0.2) is 18.2 Å². The highest BCUT2D eigenvalue weighted by Gasteiger charge is 2.20. The second kappa shape index (κ2) is 2.98. The standard InChI is InChI=1S/C10H11ClO/c1-2-9-6-7-5-8(11)3-4-10(7)12-9/h3-5,9H,2,6H2,1H3. The molecule has 0 fully saturated rings. The molecule has 1 unspecified atom stereocenters. The zero-order valence-electron chi connectivity index (χ0n) is 7.01. The van der Waals surface area contributed by atoms with E-state index in [-0.39, 0.29) is 0 Å². The summed E-state index contributed by atoms with van der Waals surface area (Å²) < 4.78 is 5.65. The molecule has 1 nitrogen and oxygen atoms in total. The molecule has 2 rings (SSSR count). The summed E-state index contributed by atoms with van der Waals surface area (Å²) in [6.45, 7) is 2.14. The SMILES string of the molecule is CCC1Cc2cc(Cl)ccc2O1. The second-order valence-electron chi connectivity index (χ2n) is 3.10. The van der Waals surface area contributed by atoms with Crippen LogP contribution in [0.4, 0.5) is 0 Å². The number of benzene rings is 1. The lowest BCUT2D eigenvalue weighted by molar-refractivity contribution is 0.228. The van der Waals surface area contributed by atoms with Crippen LogP contribution >= 0.6 is 11.6 Å². The van der Waals surface area contributed by atoms with Crippen molar-refractivity contribution in [2.75, 3.05) is 0 Å². The summed E-state index contributed by atoms with van der Waals surface area (Å²) in [6.07, 6.45) is 2.43. The molecule has 1 aromatic carbocycles. The van der Waals surface area contributed by atoms with Crippen LogP contribution in [0.1, 0.15) is 18.9 Å². The van der Waals surface area contributed by atoms with E-state index in [1.165, 1.54) is 5.56 Å². The molecule has 1 heterocycles. The summed E-state index contributed by atoms with van der Waals surface area (Å²) in [5.41, 5.74) is 1.24. The van der Waals surface area contributed by atoms with E-state index in [2.05, 4.69) is 6.92 Å². The molecule has 0 N–H and O–H groups in total. The summed E-state index contributed by atoms with van der Waals surface area (Å²) in [5, 5.41) is 0.800. The van der Waals surface area contributed by atoms with Gasteiger partial charge in [0.15, 0.2) is 0 Å². The quantitative estimate of drug-likeness (QED) is 0.649. The Morgan fingerprint density at radius 2 is 2.42 bits per heavy atom. The number of rotatable bonds is 1. The molecule has 12 heavy (non-hydrogen) atoms. The van der Waals surface area contributed by atoms with Gasteiger partial charge >= 0.3 is 0 Å². The van der Waals surface area contributed by atoms with Gasteiger partial charge in [-0.2, -0.15) is 0 Å². The third-order valence-electron chi connectivity index (χ3n) is 2.22. The Balaban J connectivity index is 2.30. The average molecular weight is 183 g/mol. The van der Waals surface area contributed by atoms with Gasteiger partial charge in [0.1, 0.15) is 11.9 Å². The molecule has 1 aromatic rings. The van der Waals surface area contributed by atoms with Crippen LogP contribution in [0, 0.1) is 0 Å². The number of hydrogen-bond donors (Lipinski definition) is 0. The van der Waals surface area contributed by atoms with Crippen LogP contribution in [0.2, 0.25) is 5.02 Å². The van der Waals surface area contributed by atoms with Crippen molar-refractivity contribution in [1.82, 2.24) is 0 Å². The van der Waals surface area contributed by atoms with Gasteiger partial charge in [0.25, 0.3) is 0 Å². The molecule has 0 bridgehead atoms. The summed E-state index contributed by atoms with van der Waals surface area (Å²) in [7, 11) is 0. The normalized spacial score (nSPS) is 20.3. The topological polar surface area (TPSA) is 9.23 Å². The number of ether oxygens (including phenoxy) is 1. The summed E-state index contributed by atoms with van der Waals surface area (Å²) >= 11 is 5.86. The van der Waals surface area contributed by atoms with Crippen LogP contribution in [-0.4, -0.2) is 6.10 Å². The maximum Gasteiger partial charge on any atom is 0.123 e. The van der Waals surface area contributed by atoms with Gasteiger partial charge in [0, 0.05) is 11.4 Å². The average Bonchev–Trinajstić information content (AvgIpc) is 2.46. The molecule has 1 aliphatic rings. The van der Waals surface area contributed by atoms with Gasteiger partial charge in [-0.3, -0.25) is 0 Å². The van der Waals surface area contributed by atoms with E-state index >= 15 is 0 Å². The molecule has 0 aromatic heterocycles.